The quantitative estimate of drug-likeness (QED) is 0.255. The van der Waals surface area contributed by atoms with E-state index in [0.717, 1.165) is 4.09 Å². The number of hydrogen-bond acceptors (Lipinski definition) is 10. The minimum absolute atomic E-state index is 0.00204. The Balaban J connectivity index is 1.78. The summed E-state index contributed by atoms with van der Waals surface area (Å²) in [5, 5.41) is 4.57. The second-order valence-corrected chi connectivity index (χ2v) is 10.1. The molecular weight excluding hydrogens is 526 g/mol. The van der Waals surface area contributed by atoms with Gasteiger partial charge in [0, 0.05) is 16.5 Å². The molecule has 0 fully saturated rings. The lowest BCUT2D eigenvalue weighted by Crippen LogP contribution is -2.13. The highest BCUT2D eigenvalue weighted by atomic mass is 32.2. The first-order valence-corrected chi connectivity index (χ1v) is 14.0. The van der Waals surface area contributed by atoms with E-state index in [1.54, 1.807) is 26.0 Å². The second kappa shape index (κ2) is 11.3. The number of rotatable bonds is 11. The van der Waals surface area contributed by atoms with Crippen LogP contribution >= 0.6 is 0 Å². The molecule has 2 aromatic heterocycles. The van der Waals surface area contributed by atoms with E-state index in [2.05, 4.69) is 5.10 Å². The summed E-state index contributed by atoms with van der Waals surface area (Å²) in [6.45, 7) is 10.2. The molecule has 0 atom stereocenters. The van der Waals surface area contributed by atoms with E-state index in [-0.39, 0.29) is 23.1 Å². The summed E-state index contributed by atoms with van der Waals surface area (Å²) in [4.78, 5) is 12.2. The molecule has 12 heteroatoms. The van der Waals surface area contributed by atoms with E-state index in [0.29, 0.717) is 64.7 Å². The summed E-state index contributed by atoms with van der Waals surface area (Å²) in [6.07, 6.45) is 1.34. The molecule has 2 aromatic carbocycles. The number of esters is 1. The Hall–Kier alpha value is -4.19. The maximum atomic E-state index is 13.6. The van der Waals surface area contributed by atoms with E-state index in [4.69, 9.17) is 29.1 Å². The number of fused-ring (bicyclic) bond motifs is 1. The summed E-state index contributed by atoms with van der Waals surface area (Å²) in [7, 11) is -4.16. The molecule has 0 aliphatic carbocycles. The molecule has 0 saturated heterocycles. The minimum Gasteiger partial charge on any atom is -0.490 e. The van der Waals surface area contributed by atoms with Gasteiger partial charge in [-0.1, -0.05) is 0 Å². The molecule has 2 heterocycles. The van der Waals surface area contributed by atoms with Gasteiger partial charge in [0.15, 0.2) is 17.3 Å². The fourth-order valence-corrected chi connectivity index (χ4v) is 5.28. The van der Waals surface area contributed by atoms with Gasteiger partial charge in [-0.05, 0) is 70.5 Å². The zero-order valence-corrected chi connectivity index (χ0v) is 23.3. The zero-order valence-electron chi connectivity index (χ0n) is 22.4. The molecule has 0 aliphatic rings. The Morgan fingerprint density at radius 3 is 2.21 bits per heavy atom. The molecule has 0 saturated carbocycles. The van der Waals surface area contributed by atoms with Crippen molar-refractivity contribution in [2.24, 2.45) is 0 Å². The van der Waals surface area contributed by atoms with Gasteiger partial charge < -0.3 is 29.1 Å². The van der Waals surface area contributed by atoms with Crippen molar-refractivity contribution in [1.82, 2.24) is 9.19 Å². The van der Waals surface area contributed by atoms with Crippen molar-refractivity contribution in [2.45, 2.75) is 39.5 Å². The highest BCUT2D eigenvalue weighted by Gasteiger charge is 2.25. The van der Waals surface area contributed by atoms with Crippen LogP contribution in [0.15, 0.2) is 45.8 Å². The first kappa shape index (κ1) is 27.8. The number of aromatic nitrogens is 2. The topological polar surface area (TPSA) is 145 Å². The fraction of sp³-hybridized carbons (Fsp3) is 0.333. The molecule has 0 unspecified atom stereocenters. The third-order valence-electron chi connectivity index (χ3n) is 5.85. The van der Waals surface area contributed by atoms with Crippen LogP contribution in [0.3, 0.4) is 0 Å². The lowest BCUT2D eigenvalue weighted by atomic mass is 10.1. The van der Waals surface area contributed by atoms with Gasteiger partial charge in [-0.3, -0.25) is 0 Å². The zero-order chi connectivity index (χ0) is 28.3. The van der Waals surface area contributed by atoms with E-state index in [1.165, 1.54) is 24.4 Å². The maximum Gasteiger partial charge on any atom is 0.374 e. The van der Waals surface area contributed by atoms with Crippen LogP contribution in [0.25, 0.3) is 22.1 Å². The Morgan fingerprint density at radius 1 is 0.974 bits per heavy atom. The molecule has 0 amide bonds. The minimum atomic E-state index is -4.16. The van der Waals surface area contributed by atoms with E-state index < -0.39 is 16.0 Å². The Bertz CT molecular complexity index is 1590. The summed E-state index contributed by atoms with van der Waals surface area (Å²) < 4.78 is 55.9. The first-order chi connectivity index (χ1) is 18.7. The lowest BCUT2D eigenvalue weighted by Gasteiger charge is -2.17. The molecular formula is C27H31N3O8S. The summed E-state index contributed by atoms with van der Waals surface area (Å²) >= 11 is 0. The summed E-state index contributed by atoms with van der Waals surface area (Å²) in [5.74, 6) is 0.737. The number of carbonyl (C=O) groups excluding carboxylic acids is 1. The maximum absolute atomic E-state index is 13.6. The van der Waals surface area contributed by atoms with Crippen molar-refractivity contribution in [2.75, 3.05) is 32.2 Å². The van der Waals surface area contributed by atoms with Crippen LogP contribution in [0, 0.1) is 6.92 Å². The number of benzene rings is 2. The summed E-state index contributed by atoms with van der Waals surface area (Å²) in [5.41, 5.74) is 7.94. The van der Waals surface area contributed by atoms with Crippen LogP contribution in [0.4, 0.5) is 5.82 Å². The van der Waals surface area contributed by atoms with Crippen LogP contribution in [-0.2, 0) is 14.8 Å². The molecule has 208 valence electrons. The Kier molecular flexibility index (Phi) is 8.05. The molecule has 11 nitrogen and oxygen atoms in total. The van der Waals surface area contributed by atoms with E-state index in [1.807, 2.05) is 20.8 Å². The molecule has 2 N–H and O–H groups in total. The normalized spacial score (nSPS) is 11.5. The molecule has 0 spiro atoms. The number of furan rings is 1. The van der Waals surface area contributed by atoms with Crippen molar-refractivity contribution in [1.29, 1.82) is 0 Å². The second-order valence-electron chi connectivity index (χ2n) is 8.34. The average molecular weight is 558 g/mol. The number of nitrogens with two attached hydrogens (primary N) is 1. The largest absolute Gasteiger partial charge is 0.490 e. The van der Waals surface area contributed by atoms with Gasteiger partial charge in [0.1, 0.15) is 5.58 Å². The van der Waals surface area contributed by atoms with Crippen LogP contribution in [0.5, 0.6) is 17.2 Å². The van der Waals surface area contributed by atoms with E-state index in [9.17, 15) is 13.2 Å². The van der Waals surface area contributed by atoms with Gasteiger partial charge in [0.25, 0.3) is 10.0 Å². The molecule has 0 radical (unpaired) electrons. The van der Waals surface area contributed by atoms with Crippen molar-refractivity contribution < 1.29 is 36.6 Å². The van der Waals surface area contributed by atoms with Crippen LogP contribution in [-0.4, -0.2) is 50.0 Å². The smallest absolute Gasteiger partial charge is 0.374 e. The van der Waals surface area contributed by atoms with Gasteiger partial charge in [0.05, 0.1) is 37.5 Å². The highest BCUT2D eigenvalue weighted by molar-refractivity contribution is 7.89. The van der Waals surface area contributed by atoms with Crippen LogP contribution in [0.1, 0.15) is 43.8 Å². The van der Waals surface area contributed by atoms with Gasteiger partial charge in [-0.25, -0.2) is 4.79 Å². The van der Waals surface area contributed by atoms with Crippen molar-refractivity contribution >= 4 is 32.8 Å². The number of anilines is 1. The number of ether oxygens (including phenoxy) is 4. The van der Waals surface area contributed by atoms with Crippen molar-refractivity contribution in [3.05, 3.63) is 47.9 Å². The third kappa shape index (κ3) is 5.24. The molecule has 4 rings (SSSR count). The number of hydrogen-bond donors (Lipinski definition) is 1. The van der Waals surface area contributed by atoms with E-state index >= 15 is 0 Å². The van der Waals surface area contributed by atoms with Crippen molar-refractivity contribution in [3.8, 4) is 28.4 Å². The third-order valence-corrected chi connectivity index (χ3v) is 7.38. The number of nitrogen functional groups attached to an aromatic ring is 1. The fourth-order valence-electron chi connectivity index (χ4n) is 4.12. The lowest BCUT2D eigenvalue weighted by molar-refractivity contribution is 0.0491. The Morgan fingerprint density at radius 2 is 1.62 bits per heavy atom. The van der Waals surface area contributed by atoms with Crippen LogP contribution < -0.4 is 19.9 Å². The number of carbonyl (C=O) groups is 1. The highest BCUT2D eigenvalue weighted by Crippen LogP contribution is 2.43. The molecule has 0 aliphatic heterocycles. The predicted molar refractivity (Wildman–Crippen MR) is 145 cm³/mol. The molecule has 39 heavy (non-hydrogen) atoms. The van der Waals surface area contributed by atoms with Gasteiger partial charge in [0.2, 0.25) is 11.5 Å². The van der Waals surface area contributed by atoms with Gasteiger partial charge >= 0.3 is 5.97 Å². The monoisotopic (exact) mass is 557 g/mol. The van der Waals surface area contributed by atoms with Crippen LogP contribution in [0.2, 0.25) is 0 Å². The number of nitrogens with zero attached hydrogens (tertiary/aromatic N) is 2. The van der Waals surface area contributed by atoms with Gasteiger partial charge in [-0.2, -0.15) is 12.5 Å². The SMILES string of the molecule is CCOC(=O)c1oc2ccc(S(=O)(=O)n3cc(-c4cc(OCC)c(OCC)c(OCC)c4)c(N)n3)cc2c1C. The molecule has 0 bridgehead atoms. The summed E-state index contributed by atoms with van der Waals surface area (Å²) in [6, 6.07) is 7.71. The standard InChI is InChI=1S/C27H31N3O8S/c1-6-34-22-12-17(13-23(35-7-2)25(22)36-8-3)20-15-30(29-26(20)28)39(32,33)18-10-11-21-19(14-18)16(5)24(38-21)27(31)37-9-4/h10-15H,6-9H2,1-5H3,(H2,28,29). The number of aryl methyl sites for hydroxylation is 1. The Labute approximate surface area is 226 Å². The first-order valence-electron chi connectivity index (χ1n) is 12.5. The predicted octanol–water partition coefficient (Wildman–Crippen LogP) is 4.80. The average Bonchev–Trinajstić information content (AvgIpc) is 3.46. The van der Waals surface area contributed by atoms with Gasteiger partial charge in [-0.15, -0.1) is 5.10 Å². The molecule has 4 aromatic rings. The van der Waals surface area contributed by atoms with Crippen molar-refractivity contribution in [3.63, 3.8) is 0 Å².